The number of aromatic nitrogens is 1. The summed E-state index contributed by atoms with van der Waals surface area (Å²) < 4.78 is 32.3. The summed E-state index contributed by atoms with van der Waals surface area (Å²) in [5.41, 5.74) is 10.7. The van der Waals surface area contributed by atoms with Crippen molar-refractivity contribution >= 4 is 5.91 Å². The Hall–Kier alpha value is -4.91. The van der Waals surface area contributed by atoms with E-state index in [1.807, 2.05) is 85.8 Å². The van der Waals surface area contributed by atoms with Crippen LogP contribution in [-0.2, 0) is 32.5 Å². The Morgan fingerprint density at radius 2 is 1.44 bits per heavy atom. The minimum Gasteiger partial charge on any atom is -0.488 e. The Kier molecular flexibility index (Phi) is 8.74. The Balaban J connectivity index is 1.57. The summed E-state index contributed by atoms with van der Waals surface area (Å²) in [6, 6.07) is 30.1. The number of rotatable bonds is 12. The fraction of sp³-hybridized carbons (Fsp3) is 0.176. The molecule has 5 aromatic rings. The van der Waals surface area contributed by atoms with Crippen molar-refractivity contribution in [1.29, 1.82) is 0 Å². The van der Waals surface area contributed by atoms with Gasteiger partial charge in [0, 0.05) is 11.6 Å². The maximum absolute atomic E-state index is 13.9. The van der Waals surface area contributed by atoms with Crippen LogP contribution in [0.25, 0.3) is 11.3 Å². The molecule has 0 radical (unpaired) electrons. The number of halogens is 1. The van der Waals surface area contributed by atoms with Crippen LogP contribution < -0.4 is 15.2 Å². The molecular formula is C34H31FN2O4. The van der Waals surface area contributed by atoms with Crippen molar-refractivity contribution in [3.05, 3.63) is 136 Å². The zero-order chi connectivity index (χ0) is 28.6. The van der Waals surface area contributed by atoms with Gasteiger partial charge in [0.25, 0.3) is 5.91 Å². The molecule has 41 heavy (non-hydrogen) atoms. The molecule has 4 aromatic carbocycles. The van der Waals surface area contributed by atoms with E-state index in [4.69, 9.17) is 19.7 Å². The van der Waals surface area contributed by atoms with Gasteiger partial charge in [-0.3, -0.25) is 4.79 Å². The predicted molar refractivity (Wildman–Crippen MR) is 155 cm³/mol. The summed E-state index contributed by atoms with van der Waals surface area (Å²) in [7, 11) is 0. The van der Waals surface area contributed by atoms with Crippen molar-refractivity contribution in [2.45, 2.75) is 39.4 Å². The molecule has 6 nitrogen and oxygen atoms in total. The first-order valence-electron chi connectivity index (χ1n) is 13.5. The molecule has 0 spiro atoms. The van der Waals surface area contributed by atoms with Crippen LogP contribution in [0.15, 0.2) is 102 Å². The van der Waals surface area contributed by atoms with E-state index >= 15 is 0 Å². The SMILES string of the molecule is CCc1c(C(N)=O)noc1-c1cc(CCc2cccc(F)c2)c(OCc2ccccc2)cc1OCc1ccccc1. The second kappa shape index (κ2) is 13.0. The van der Waals surface area contributed by atoms with E-state index in [0.717, 1.165) is 22.3 Å². The molecule has 0 aliphatic heterocycles. The molecule has 0 bridgehead atoms. The van der Waals surface area contributed by atoms with Crippen molar-refractivity contribution in [2.24, 2.45) is 5.73 Å². The first-order chi connectivity index (χ1) is 20.0. The van der Waals surface area contributed by atoms with Crippen LogP contribution in [0.1, 0.15) is 45.2 Å². The average molecular weight is 551 g/mol. The van der Waals surface area contributed by atoms with Crippen molar-refractivity contribution in [3.8, 4) is 22.8 Å². The summed E-state index contributed by atoms with van der Waals surface area (Å²) in [6.07, 6.45) is 1.64. The highest BCUT2D eigenvalue weighted by Crippen LogP contribution is 2.40. The molecule has 0 saturated carbocycles. The lowest BCUT2D eigenvalue weighted by atomic mass is 9.97. The highest BCUT2D eigenvalue weighted by Gasteiger charge is 2.24. The number of amides is 1. The smallest absolute Gasteiger partial charge is 0.271 e. The second-order valence-electron chi connectivity index (χ2n) is 9.69. The third kappa shape index (κ3) is 6.81. The Labute approximate surface area is 238 Å². The Bertz CT molecular complexity index is 1620. The van der Waals surface area contributed by atoms with E-state index in [2.05, 4.69) is 5.16 Å². The lowest BCUT2D eigenvalue weighted by Gasteiger charge is -2.18. The maximum atomic E-state index is 13.9. The van der Waals surface area contributed by atoms with Crippen LogP contribution in [-0.4, -0.2) is 11.1 Å². The second-order valence-corrected chi connectivity index (χ2v) is 9.69. The molecule has 0 fully saturated rings. The summed E-state index contributed by atoms with van der Waals surface area (Å²) in [5, 5.41) is 3.98. The lowest BCUT2D eigenvalue weighted by molar-refractivity contribution is 0.0991. The summed E-state index contributed by atoms with van der Waals surface area (Å²) in [5.74, 6) is 0.656. The minimum absolute atomic E-state index is 0.0993. The monoisotopic (exact) mass is 550 g/mol. The fourth-order valence-corrected chi connectivity index (χ4v) is 4.72. The number of nitrogens with two attached hydrogens (primary N) is 1. The number of carbonyl (C=O) groups excluding carboxylic acids is 1. The number of primary amides is 1. The molecule has 0 aliphatic carbocycles. The van der Waals surface area contributed by atoms with Gasteiger partial charge in [0.2, 0.25) is 0 Å². The minimum atomic E-state index is -0.655. The van der Waals surface area contributed by atoms with Gasteiger partial charge in [-0.1, -0.05) is 84.9 Å². The van der Waals surface area contributed by atoms with Gasteiger partial charge in [0.1, 0.15) is 30.5 Å². The van der Waals surface area contributed by atoms with Crippen LogP contribution in [0, 0.1) is 5.82 Å². The van der Waals surface area contributed by atoms with E-state index < -0.39 is 5.91 Å². The van der Waals surface area contributed by atoms with E-state index in [1.54, 1.807) is 6.07 Å². The van der Waals surface area contributed by atoms with Crippen molar-refractivity contribution < 1.29 is 23.2 Å². The van der Waals surface area contributed by atoms with Gasteiger partial charge >= 0.3 is 0 Å². The fourth-order valence-electron chi connectivity index (χ4n) is 4.72. The number of carbonyl (C=O) groups is 1. The van der Waals surface area contributed by atoms with Crippen LogP contribution in [0.5, 0.6) is 11.5 Å². The van der Waals surface area contributed by atoms with Crippen molar-refractivity contribution in [2.75, 3.05) is 0 Å². The Morgan fingerprint density at radius 3 is 2.05 bits per heavy atom. The number of benzene rings is 4. The largest absolute Gasteiger partial charge is 0.488 e. The van der Waals surface area contributed by atoms with Crippen LogP contribution in [0.4, 0.5) is 4.39 Å². The van der Waals surface area contributed by atoms with E-state index in [1.165, 1.54) is 12.1 Å². The molecule has 0 saturated heterocycles. The third-order valence-electron chi connectivity index (χ3n) is 6.83. The third-order valence-corrected chi connectivity index (χ3v) is 6.83. The summed E-state index contributed by atoms with van der Waals surface area (Å²) in [4.78, 5) is 12.1. The molecule has 0 unspecified atom stereocenters. The van der Waals surface area contributed by atoms with Crippen molar-refractivity contribution in [1.82, 2.24) is 5.16 Å². The van der Waals surface area contributed by atoms with E-state index in [0.29, 0.717) is 60.9 Å². The zero-order valence-corrected chi connectivity index (χ0v) is 22.8. The number of aryl methyl sites for hydroxylation is 2. The molecule has 1 aromatic heterocycles. The predicted octanol–water partition coefficient (Wildman–Crippen LogP) is 7.09. The summed E-state index contributed by atoms with van der Waals surface area (Å²) >= 11 is 0. The van der Waals surface area contributed by atoms with Crippen molar-refractivity contribution in [3.63, 3.8) is 0 Å². The van der Waals surface area contributed by atoms with Crippen LogP contribution in [0.3, 0.4) is 0 Å². The molecule has 5 rings (SSSR count). The zero-order valence-electron chi connectivity index (χ0n) is 22.8. The molecule has 1 heterocycles. The maximum Gasteiger partial charge on any atom is 0.271 e. The molecule has 7 heteroatoms. The number of hydrogen-bond acceptors (Lipinski definition) is 5. The molecule has 0 aliphatic rings. The number of nitrogens with zero attached hydrogens (tertiary/aromatic N) is 1. The number of hydrogen-bond donors (Lipinski definition) is 1. The first kappa shape index (κ1) is 27.6. The lowest BCUT2D eigenvalue weighted by Crippen LogP contribution is -2.13. The highest BCUT2D eigenvalue weighted by molar-refractivity contribution is 5.94. The van der Waals surface area contributed by atoms with Gasteiger partial charge in [-0.05, 0) is 59.7 Å². The van der Waals surface area contributed by atoms with Gasteiger partial charge in [-0.25, -0.2) is 4.39 Å². The Morgan fingerprint density at radius 1 is 0.805 bits per heavy atom. The first-order valence-corrected chi connectivity index (χ1v) is 13.5. The van der Waals surface area contributed by atoms with E-state index in [9.17, 15) is 9.18 Å². The average Bonchev–Trinajstić information content (AvgIpc) is 3.44. The molecule has 2 N–H and O–H groups in total. The molecular weight excluding hydrogens is 519 g/mol. The van der Waals surface area contributed by atoms with Crippen LogP contribution in [0.2, 0.25) is 0 Å². The summed E-state index contributed by atoms with van der Waals surface area (Å²) in [6.45, 7) is 2.58. The van der Waals surface area contributed by atoms with Gasteiger partial charge < -0.3 is 19.7 Å². The van der Waals surface area contributed by atoms with Crippen LogP contribution >= 0.6 is 0 Å². The van der Waals surface area contributed by atoms with E-state index in [-0.39, 0.29) is 11.5 Å². The molecule has 1 amide bonds. The van der Waals surface area contributed by atoms with Gasteiger partial charge in [0.05, 0.1) is 5.56 Å². The molecule has 208 valence electrons. The topological polar surface area (TPSA) is 87.6 Å². The highest BCUT2D eigenvalue weighted by atomic mass is 19.1. The standard InChI is InChI=1S/C34H31FN2O4/c1-2-28-32(34(36)38)37-41-33(28)29-19-26(17-16-23-14-9-15-27(35)18-23)30(39-21-24-10-5-3-6-11-24)20-31(29)40-22-25-12-7-4-8-13-25/h3-15,18-20H,2,16-17,21-22H2,1H3,(H2,36,38). The van der Waals surface area contributed by atoms with Gasteiger partial charge in [-0.15, -0.1) is 0 Å². The van der Waals surface area contributed by atoms with Gasteiger partial charge in [-0.2, -0.15) is 0 Å². The molecule has 0 atom stereocenters. The van der Waals surface area contributed by atoms with Gasteiger partial charge in [0.15, 0.2) is 11.5 Å². The number of ether oxygens (including phenoxy) is 2. The normalized spacial score (nSPS) is 10.9. The quantitative estimate of drug-likeness (QED) is 0.179.